The molecule has 2 N–H and O–H groups in total. The van der Waals surface area contributed by atoms with E-state index in [-0.39, 0.29) is 5.56 Å². The van der Waals surface area contributed by atoms with Gasteiger partial charge in [-0.15, -0.1) is 0 Å². The Labute approximate surface area is 131 Å². The Hall–Kier alpha value is -2.46. The zero-order chi connectivity index (χ0) is 15.3. The number of aromatic carboxylic acids is 1. The number of rotatable bonds is 2. The molecule has 110 valence electrons. The van der Waals surface area contributed by atoms with Gasteiger partial charge < -0.3 is 14.8 Å². The number of H-pyrrole nitrogens is 1. The largest absolute Gasteiger partial charge is 0.493 e. The third kappa shape index (κ3) is 1.96. The van der Waals surface area contributed by atoms with Crippen molar-refractivity contribution in [3.63, 3.8) is 0 Å². The van der Waals surface area contributed by atoms with Gasteiger partial charge >= 0.3 is 5.97 Å². The predicted octanol–water partition coefficient (Wildman–Crippen LogP) is 4.12. The van der Waals surface area contributed by atoms with Gasteiger partial charge in [0, 0.05) is 29.1 Å². The Kier molecular flexibility index (Phi) is 2.87. The first-order valence-electron chi connectivity index (χ1n) is 6.93. The summed E-state index contributed by atoms with van der Waals surface area (Å²) < 4.78 is 5.59. The Morgan fingerprint density at radius 1 is 1.27 bits per heavy atom. The van der Waals surface area contributed by atoms with Crippen molar-refractivity contribution in [2.75, 3.05) is 6.61 Å². The maximum atomic E-state index is 11.3. The highest BCUT2D eigenvalue weighted by Crippen LogP contribution is 2.37. The topological polar surface area (TPSA) is 62.3 Å². The average Bonchev–Trinajstić information content (AvgIpc) is 3.11. The fourth-order valence-corrected chi connectivity index (χ4v) is 3.15. The number of carboxylic acid groups (broad SMARTS) is 1. The summed E-state index contributed by atoms with van der Waals surface area (Å²) in [5.74, 6) is -0.0852. The van der Waals surface area contributed by atoms with Crippen LogP contribution in [0.1, 0.15) is 15.9 Å². The van der Waals surface area contributed by atoms with E-state index in [1.165, 1.54) is 11.8 Å². The fourth-order valence-electron chi connectivity index (χ4n) is 2.88. The Morgan fingerprint density at radius 3 is 2.95 bits per heavy atom. The van der Waals surface area contributed by atoms with Crippen molar-refractivity contribution in [1.82, 2.24) is 4.98 Å². The molecule has 3 aromatic rings. The Morgan fingerprint density at radius 2 is 2.14 bits per heavy atom. The quantitative estimate of drug-likeness (QED) is 0.748. The second kappa shape index (κ2) is 4.78. The van der Waals surface area contributed by atoms with Crippen LogP contribution in [0.3, 0.4) is 0 Å². The number of carbonyl (C=O) groups is 1. The summed E-state index contributed by atoms with van der Waals surface area (Å²) in [6.07, 6.45) is 2.41. The summed E-state index contributed by atoms with van der Waals surface area (Å²) in [6.45, 7) is 0.701. The summed E-state index contributed by atoms with van der Waals surface area (Å²) >= 11 is 6.37. The summed E-state index contributed by atoms with van der Waals surface area (Å²) in [4.78, 5) is 14.2. The van der Waals surface area contributed by atoms with Gasteiger partial charge in [-0.05, 0) is 29.3 Å². The van der Waals surface area contributed by atoms with Crippen LogP contribution in [0, 0.1) is 0 Å². The average molecular weight is 314 g/mol. The lowest BCUT2D eigenvalue weighted by atomic mass is 10.0. The molecule has 0 spiro atoms. The zero-order valence-corrected chi connectivity index (χ0v) is 12.3. The molecule has 0 aliphatic carbocycles. The minimum absolute atomic E-state index is 0.241. The summed E-state index contributed by atoms with van der Waals surface area (Å²) in [6, 6.07) is 9.56. The molecule has 5 heteroatoms. The minimum Gasteiger partial charge on any atom is -0.493 e. The van der Waals surface area contributed by atoms with Crippen molar-refractivity contribution in [1.29, 1.82) is 0 Å². The molecule has 4 nitrogen and oxygen atoms in total. The molecule has 0 saturated heterocycles. The second-order valence-corrected chi connectivity index (χ2v) is 5.71. The van der Waals surface area contributed by atoms with Crippen LogP contribution in [0.5, 0.6) is 5.75 Å². The van der Waals surface area contributed by atoms with E-state index in [0.29, 0.717) is 22.5 Å². The van der Waals surface area contributed by atoms with Gasteiger partial charge in [0.1, 0.15) is 5.75 Å². The van der Waals surface area contributed by atoms with E-state index < -0.39 is 5.97 Å². The lowest BCUT2D eigenvalue weighted by Crippen LogP contribution is -1.94. The number of ether oxygens (including phenoxy) is 1. The van der Waals surface area contributed by atoms with Crippen molar-refractivity contribution in [2.45, 2.75) is 6.42 Å². The Bertz CT molecular complexity index is 914. The van der Waals surface area contributed by atoms with Crippen LogP contribution in [-0.4, -0.2) is 22.7 Å². The lowest BCUT2D eigenvalue weighted by Gasteiger charge is -2.08. The standard InChI is InChI=1S/C17H12ClNO3/c18-14-7-15-12(13(8-19-15)17(20)21)6-11(14)10-2-1-9-3-4-22-16(9)5-10/h1-2,5-8,19H,3-4H2,(H,20,21). The zero-order valence-electron chi connectivity index (χ0n) is 11.5. The predicted molar refractivity (Wildman–Crippen MR) is 84.9 cm³/mol. The first kappa shape index (κ1) is 13.2. The number of hydrogen-bond acceptors (Lipinski definition) is 2. The number of aromatic nitrogens is 1. The summed E-state index contributed by atoms with van der Waals surface area (Å²) in [5, 5.41) is 10.5. The highest BCUT2D eigenvalue weighted by atomic mass is 35.5. The van der Waals surface area contributed by atoms with Crippen LogP contribution in [0.2, 0.25) is 5.02 Å². The number of hydrogen-bond donors (Lipinski definition) is 2. The third-order valence-electron chi connectivity index (χ3n) is 4.01. The molecule has 22 heavy (non-hydrogen) atoms. The number of fused-ring (bicyclic) bond motifs is 2. The SMILES string of the molecule is O=C(O)c1c[nH]c2cc(Cl)c(-c3ccc4c(c3)OCC4)cc12. The van der Waals surface area contributed by atoms with Crippen molar-refractivity contribution < 1.29 is 14.6 Å². The third-order valence-corrected chi connectivity index (χ3v) is 4.32. The first-order chi connectivity index (χ1) is 10.6. The number of nitrogens with one attached hydrogen (secondary N) is 1. The van der Waals surface area contributed by atoms with Gasteiger partial charge in [-0.1, -0.05) is 23.7 Å². The maximum Gasteiger partial charge on any atom is 0.337 e. The number of benzene rings is 2. The van der Waals surface area contributed by atoms with Gasteiger partial charge in [0.2, 0.25) is 0 Å². The van der Waals surface area contributed by atoms with Gasteiger partial charge in [0.05, 0.1) is 17.2 Å². The van der Waals surface area contributed by atoms with Gasteiger partial charge in [0.25, 0.3) is 0 Å². The highest BCUT2D eigenvalue weighted by Gasteiger charge is 2.17. The molecule has 4 rings (SSSR count). The van der Waals surface area contributed by atoms with Crippen molar-refractivity contribution in [3.8, 4) is 16.9 Å². The molecule has 2 aromatic carbocycles. The van der Waals surface area contributed by atoms with Crippen molar-refractivity contribution >= 4 is 28.5 Å². The second-order valence-electron chi connectivity index (χ2n) is 5.31. The molecule has 0 amide bonds. The normalized spacial score (nSPS) is 13.1. The monoisotopic (exact) mass is 313 g/mol. The fraction of sp³-hybridized carbons (Fsp3) is 0.118. The van der Waals surface area contributed by atoms with Gasteiger partial charge in [-0.3, -0.25) is 0 Å². The molecule has 1 aliphatic rings. The number of halogens is 1. The molecule has 1 aromatic heterocycles. The van der Waals surface area contributed by atoms with E-state index >= 15 is 0 Å². The molecule has 1 aliphatic heterocycles. The number of aromatic amines is 1. The van der Waals surface area contributed by atoms with E-state index in [2.05, 4.69) is 4.98 Å². The highest BCUT2D eigenvalue weighted by molar-refractivity contribution is 6.34. The van der Waals surface area contributed by atoms with Crippen molar-refractivity contribution in [2.24, 2.45) is 0 Å². The molecular weight excluding hydrogens is 302 g/mol. The van der Waals surface area contributed by atoms with E-state index in [1.807, 2.05) is 24.3 Å². The molecular formula is C17H12ClNO3. The molecule has 0 fully saturated rings. The molecule has 0 unspecified atom stereocenters. The maximum absolute atomic E-state index is 11.3. The van der Waals surface area contributed by atoms with Crippen LogP contribution in [0.25, 0.3) is 22.0 Å². The summed E-state index contributed by atoms with van der Waals surface area (Å²) in [7, 11) is 0. The minimum atomic E-state index is -0.961. The smallest absolute Gasteiger partial charge is 0.337 e. The van der Waals surface area contributed by atoms with Crippen LogP contribution in [0.4, 0.5) is 0 Å². The molecule has 2 heterocycles. The van der Waals surface area contributed by atoms with Crippen LogP contribution < -0.4 is 4.74 Å². The Balaban J connectivity index is 1.92. The van der Waals surface area contributed by atoms with Crippen LogP contribution >= 0.6 is 11.6 Å². The summed E-state index contributed by atoms with van der Waals surface area (Å²) in [5.41, 5.74) is 3.86. The molecule has 0 saturated carbocycles. The lowest BCUT2D eigenvalue weighted by molar-refractivity contribution is 0.0699. The van der Waals surface area contributed by atoms with Gasteiger partial charge in [0.15, 0.2) is 0 Å². The number of carboxylic acids is 1. The molecule has 0 bridgehead atoms. The van der Waals surface area contributed by atoms with Gasteiger partial charge in [-0.25, -0.2) is 4.79 Å². The molecule has 0 radical (unpaired) electrons. The first-order valence-corrected chi connectivity index (χ1v) is 7.31. The van der Waals surface area contributed by atoms with Crippen molar-refractivity contribution in [3.05, 3.63) is 52.7 Å². The van der Waals surface area contributed by atoms with E-state index in [1.54, 1.807) is 6.07 Å². The molecule has 0 atom stereocenters. The van der Waals surface area contributed by atoms with E-state index in [0.717, 1.165) is 23.3 Å². The van der Waals surface area contributed by atoms with Crippen LogP contribution in [-0.2, 0) is 6.42 Å². The van der Waals surface area contributed by atoms with Gasteiger partial charge in [-0.2, -0.15) is 0 Å². The van der Waals surface area contributed by atoms with E-state index in [4.69, 9.17) is 16.3 Å². The van der Waals surface area contributed by atoms with E-state index in [9.17, 15) is 9.90 Å². The van der Waals surface area contributed by atoms with Crippen LogP contribution in [0.15, 0.2) is 36.5 Å².